The Balaban J connectivity index is 2.19. The molecule has 4 rings (SSSR count). The van der Waals surface area contributed by atoms with Crippen molar-refractivity contribution in [3.05, 3.63) is 73.6 Å². The summed E-state index contributed by atoms with van der Waals surface area (Å²) in [4.78, 5) is 31.7. The predicted molar refractivity (Wildman–Crippen MR) is 116 cm³/mol. The van der Waals surface area contributed by atoms with E-state index in [0.29, 0.717) is 16.0 Å². The van der Waals surface area contributed by atoms with Crippen molar-refractivity contribution in [1.29, 1.82) is 0 Å². The maximum Gasteiger partial charge on any atom is 0.266 e. The maximum absolute atomic E-state index is 13.4. The van der Waals surface area contributed by atoms with Gasteiger partial charge in [-0.05, 0) is 37.6 Å². The zero-order chi connectivity index (χ0) is 19.1. The average molecular weight is 441 g/mol. The van der Waals surface area contributed by atoms with Crippen LogP contribution in [-0.4, -0.2) is 9.55 Å². The number of benzene rings is 2. The Hall–Kier alpha value is -2.31. The van der Waals surface area contributed by atoms with Crippen LogP contribution in [0.2, 0.25) is 0 Å². The van der Waals surface area contributed by atoms with E-state index in [9.17, 15) is 9.59 Å². The largest absolute Gasteiger partial charge is 0.289 e. The minimum atomic E-state index is -0.267. The number of halogens is 1. The number of hydrogen-bond acceptors (Lipinski definition) is 4. The van der Waals surface area contributed by atoms with Gasteiger partial charge in [0.15, 0.2) is 0 Å². The van der Waals surface area contributed by atoms with Crippen LogP contribution >= 0.6 is 27.3 Å². The van der Waals surface area contributed by atoms with Gasteiger partial charge in [0.05, 0.1) is 0 Å². The predicted octanol–water partition coefficient (Wildman–Crippen LogP) is 5.37. The smallest absolute Gasteiger partial charge is 0.266 e. The van der Waals surface area contributed by atoms with E-state index < -0.39 is 0 Å². The third-order valence-corrected chi connectivity index (χ3v) is 6.32. The molecule has 0 N–H and O–H groups in total. The number of hydrogen-bond donors (Lipinski definition) is 0. The second kappa shape index (κ2) is 7.02. The van der Waals surface area contributed by atoms with Gasteiger partial charge in [-0.3, -0.25) is 14.2 Å². The van der Waals surface area contributed by atoms with Crippen molar-refractivity contribution >= 4 is 47.6 Å². The van der Waals surface area contributed by atoms with Gasteiger partial charge in [0.2, 0.25) is 5.43 Å². The van der Waals surface area contributed by atoms with Gasteiger partial charge >= 0.3 is 0 Å². The maximum atomic E-state index is 13.4. The Morgan fingerprint density at radius 3 is 2.67 bits per heavy atom. The average Bonchev–Trinajstić information content (AvgIpc) is 2.67. The first-order valence-corrected chi connectivity index (χ1v) is 10.4. The van der Waals surface area contributed by atoms with E-state index in [4.69, 9.17) is 4.98 Å². The first-order valence-electron chi connectivity index (χ1n) is 8.75. The lowest BCUT2D eigenvalue weighted by atomic mass is 10.1. The Morgan fingerprint density at radius 1 is 1.15 bits per heavy atom. The quantitative estimate of drug-likeness (QED) is 0.402. The summed E-state index contributed by atoms with van der Waals surface area (Å²) in [7, 11) is 0. The Kier molecular flexibility index (Phi) is 4.70. The van der Waals surface area contributed by atoms with Crippen LogP contribution in [0.25, 0.3) is 31.7 Å². The molecule has 4 aromatic rings. The van der Waals surface area contributed by atoms with Gasteiger partial charge in [-0.1, -0.05) is 47.1 Å². The summed E-state index contributed by atoms with van der Waals surface area (Å²) in [5, 5.41) is 0.748. The van der Waals surface area contributed by atoms with Crippen molar-refractivity contribution in [3.63, 3.8) is 0 Å². The molecule has 0 aliphatic carbocycles. The number of nitrogens with zero attached hydrogens (tertiary/aromatic N) is 2. The molecule has 2 aromatic heterocycles. The molecule has 2 heterocycles. The summed E-state index contributed by atoms with van der Waals surface area (Å²) in [5.41, 5.74) is 0.336. The summed E-state index contributed by atoms with van der Waals surface area (Å²) in [6.07, 6.45) is 0.763. The fraction of sp³-hybridized carbons (Fsp3) is 0.190. The molecule has 0 aliphatic rings. The topological polar surface area (TPSA) is 52.0 Å². The first-order chi connectivity index (χ1) is 13.0. The highest BCUT2D eigenvalue weighted by Crippen LogP contribution is 2.28. The fourth-order valence-electron chi connectivity index (χ4n) is 3.19. The van der Waals surface area contributed by atoms with Gasteiger partial charge in [0.1, 0.15) is 16.0 Å². The zero-order valence-corrected chi connectivity index (χ0v) is 17.3. The molecule has 0 radical (unpaired) electrons. The summed E-state index contributed by atoms with van der Waals surface area (Å²) in [6.45, 7) is 4.00. The van der Waals surface area contributed by atoms with Crippen molar-refractivity contribution in [2.75, 3.05) is 0 Å². The molecular weight excluding hydrogens is 424 g/mol. The van der Waals surface area contributed by atoms with Crippen molar-refractivity contribution in [2.45, 2.75) is 26.3 Å². The Bertz CT molecular complexity index is 1290. The molecule has 0 aliphatic heterocycles. The molecule has 4 nitrogen and oxygen atoms in total. The van der Waals surface area contributed by atoms with E-state index in [1.165, 1.54) is 11.3 Å². The third kappa shape index (κ3) is 3.03. The van der Waals surface area contributed by atoms with Gasteiger partial charge in [0, 0.05) is 26.2 Å². The van der Waals surface area contributed by atoms with Crippen molar-refractivity contribution in [3.8, 4) is 11.4 Å². The van der Waals surface area contributed by atoms with Crippen LogP contribution in [0.3, 0.4) is 0 Å². The van der Waals surface area contributed by atoms with Crippen LogP contribution in [0.15, 0.2) is 62.6 Å². The van der Waals surface area contributed by atoms with Gasteiger partial charge in [-0.15, -0.1) is 11.3 Å². The highest BCUT2D eigenvalue weighted by molar-refractivity contribution is 9.10. The molecular formula is C21H17BrN2O2S. The standard InChI is InChI=1S/C21H17BrN2O2S/c1-3-12(2)24-19(13-7-6-8-14(22)11-13)23-20-17(21(24)26)18(25)15-9-4-5-10-16(15)27-20/h4-12H,3H2,1-2H3/t12-/m1/s1. The molecule has 0 bridgehead atoms. The van der Waals surface area contributed by atoms with E-state index in [2.05, 4.69) is 15.9 Å². The number of aromatic nitrogens is 2. The zero-order valence-electron chi connectivity index (χ0n) is 14.9. The molecule has 6 heteroatoms. The van der Waals surface area contributed by atoms with E-state index >= 15 is 0 Å². The SMILES string of the molecule is CC[C@@H](C)n1c(-c2cccc(Br)c2)nc2sc3ccccc3c(=O)c2c1=O. The Morgan fingerprint density at radius 2 is 1.93 bits per heavy atom. The van der Waals surface area contributed by atoms with E-state index in [1.807, 2.05) is 56.3 Å². The van der Waals surface area contributed by atoms with Gasteiger partial charge < -0.3 is 0 Å². The van der Waals surface area contributed by atoms with E-state index in [-0.39, 0.29) is 22.4 Å². The monoisotopic (exact) mass is 440 g/mol. The van der Waals surface area contributed by atoms with Crippen molar-refractivity contribution in [1.82, 2.24) is 9.55 Å². The fourth-order valence-corrected chi connectivity index (χ4v) is 4.63. The normalized spacial score (nSPS) is 12.6. The summed E-state index contributed by atoms with van der Waals surface area (Å²) in [5.74, 6) is 0.592. The van der Waals surface area contributed by atoms with Crippen molar-refractivity contribution in [2.24, 2.45) is 0 Å². The first kappa shape index (κ1) is 18.1. The molecule has 2 aromatic carbocycles. The van der Waals surface area contributed by atoms with Crippen LogP contribution in [0.5, 0.6) is 0 Å². The van der Waals surface area contributed by atoms with Crippen LogP contribution in [0.4, 0.5) is 0 Å². The second-order valence-corrected chi connectivity index (χ2v) is 8.43. The van der Waals surface area contributed by atoms with Gasteiger partial charge in [0.25, 0.3) is 5.56 Å². The lowest BCUT2D eigenvalue weighted by molar-refractivity contribution is 0.517. The van der Waals surface area contributed by atoms with Gasteiger partial charge in [-0.25, -0.2) is 4.98 Å². The molecule has 0 saturated heterocycles. The summed E-state index contributed by atoms with van der Waals surface area (Å²) >= 11 is 4.87. The molecule has 27 heavy (non-hydrogen) atoms. The van der Waals surface area contributed by atoms with E-state index in [0.717, 1.165) is 21.2 Å². The highest BCUT2D eigenvalue weighted by Gasteiger charge is 2.20. The van der Waals surface area contributed by atoms with E-state index in [1.54, 1.807) is 10.6 Å². The second-order valence-electron chi connectivity index (χ2n) is 6.49. The highest BCUT2D eigenvalue weighted by atomic mass is 79.9. The van der Waals surface area contributed by atoms with Gasteiger partial charge in [-0.2, -0.15) is 0 Å². The van der Waals surface area contributed by atoms with Crippen LogP contribution in [0, 0.1) is 0 Å². The molecule has 1 atom stereocenters. The lowest BCUT2D eigenvalue weighted by Crippen LogP contribution is -2.29. The number of rotatable bonds is 3. The molecule has 0 saturated carbocycles. The molecule has 0 fully saturated rings. The van der Waals surface area contributed by atoms with Crippen LogP contribution < -0.4 is 11.0 Å². The molecule has 136 valence electrons. The van der Waals surface area contributed by atoms with Crippen LogP contribution in [-0.2, 0) is 0 Å². The molecule has 0 unspecified atom stereocenters. The lowest BCUT2D eigenvalue weighted by Gasteiger charge is -2.18. The Labute approximate surface area is 168 Å². The molecule has 0 spiro atoms. The summed E-state index contributed by atoms with van der Waals surface area (Å²) < 4.78 is 3.41. The minimum absolute atomic E-state index is 0.0701. The van der Waals surface area contributed by atoms with Crippen molar-refractivity contribution < 1.29 is 0 Å². The van der Waals surface area contributed by atoms with Crippen LogP contribution in [0.1, 0.15) is 26.3 Å². The number of fused-ring (bicyclic) bond motifs is 2. The third-order valence-electron chi connectivity index (χ3n) is 4.76. The molecule has 0 amide bonds. The summed E-state index contributed by atoms with van der Waals surface area (Å²) in [6, 6.07) is 15.0. The minimum Gasteiger partial charge on any atom is -0.289 e.